The van der Waals surface area contributed by atoms with E-state index in [9.17, 15) is 8.42 Å². The molecule has 0 radical (unpaired) electrons. The number of hydrogen-bond acceptors (Lipinski definition) is 4. The highest BCUT2D eigenvalue weighted by Crippen LogP contribution is 2.31. The van der Waals surface area contributed by atoms with Gasteiger partial charge in [-0.25, -0.2) is 13.4 Å². The first-order valence-corrected chi connectivity index (χ1v) is 11.5. The summed E-state index contributed by atoms with van der Waals surface area (Å²) in [4.78, 5) is 4.92. The molecule has 3 heterocycles. The number of nitrogens with zero attached hydrogens (tertiary/aromatic N) is 4. The second kappa shape index (κ2) is 7.37. The molecule has 1 N–H and O–H groups in total. The highest BCUT2D eigenvalue weighted by Gasteiger charge is 2.37. The lowest BCUT2D eigenvalue weighted by Gasteiger charge is -2.21. The maximum absolute atomic E-state index is 13.1. The van der Waals surface area contributed by atoms with Crippen molar-refractivity contribution in [3.8, 4) is 11.1 Å². The van der Waals surface area contributed by atoms with E-state index in [2.05, 4.69) is 37.9 Å². The van der Waals surface area contributed by atoms with Crippen LogP contribution < -0.4 is 0 Å². The Morgan fingerprint density at radius 2 is 1.97 bits per heavy atom. The fourth-order valence-electron chi connectivity index (χ4n) is 4.38. The fourth-order valence-corrected chi connectivity index (χ4v) is 6.12. The van der Waals surface area contributed by atoms with Crippen molar-refractivity contribution in [2.24, 2.45) is 5.92 Å². The van der Waals surface area contributed by atoms with Crippen molar-refractivity contribution in [1.29, 1.82) is 0 Å². The molecule has 4 aromatic rings. The summed E-state index contributed by atoms with van der Waals surface area (Å²) in [6, 6.07) is 14.9. The van der Waals surface area contributed by atoms with E-state index in [0.29, 0.717) is 11.4 Å². The minimum absolute atomic E-state index is 0.0253. The molecule has 154 valence electrons. The van der Waals surface area contributed by atoms with Crippen LogP contribution in [-0.4, -0.2) is 45.1 Å². The second-order valence-corrected chi connectivity index (χ2v) is 9.82. The van der Waals surface area contributed by atoms with Gasteiger partial charge >= 0.3 is 0 Å². The SMILES string of the molecule is C[C@@H]1C[C@H](Cn2cnc3cc(-c4cn[nH]c4)ccc32)CN1S(=O)(=O)c1ccccc1. The van der Waals surface area contributed by atoms with Gasteiger partial charge in [-0.3, -0.25) is 5.10 Å². The average Bonchev–Trinajstić information content (AvgIpc) is 3.49. The van der Waals surface area contributed by atoms with E-state index in [0.717, 1.165) is 35.1 Å². The zero-order valence-electron chi connectivity index (χ0n) is 16.6. The summed E-state index contributed by atoms with van der Waals surface area (Å²) < 4.78 is 29.9. The van der Waals surface area contributed by atoms with Gasteiger partial charge in [-0.1, -0.05) is 24.3 Å². The lowest BCUT2D eigenvalue weighted by Crippen LogP contribution is -2.34. The van der Waals surface area contributed by atoms with Crippen LogP contribution in [0.15, 0.2) is 72.1 Å². The third-order valence-corrected chi connectivity index (χ3v) is 7.86. The number of imidazole rings is 1. The molecular formula is C22H23N5O2S. The summed E-state index contributed by atoms with van der Waals surface area (Å²) in [5, 5.41) is 6.84. The molecule has 0 aliphatic carbocycles. The van der Waals surface area contributed by atoms with Gasteiger partial charge in [-0.15, -0.1) is 0 Å². The topological polar surface area (TPSA) is 83.9 Å². The quantitative estimate of drug-likeness (QED) is 0.534. The largest absolute Gasteiger partial charge is 0.330 e. The van der Waals surface area contributed by atoms with Crippen LogP contribution in [0.5, 0.6) is 0 Å². The van der Waals surface area contributed by atoms with Crippen LogP contribution in [0.25, 0.3) is 22.2 Å². The van der Waals surface area contributed by atoms with Crippen molar-refractivity contribution in [3.63, 3.8) is 0 Å². The summed E-state index contributed by atoms with van der Waals surface area (Å²) in [5.41, 5.74) is 4.07. The average molecular weight is 422 g/mol. The number of fused-ring (bicyclic) bond motifs is 1. The zero-order valence-corrected chi connectivity index (χ0v) is 17.5. The van der Waals surface area contributed by atoms with Crippen LogP contribution in [0.3, 0.4) is 0 Å². The predicted molar refractivity (Wildman–Crippen MR) is 115 cm³/mol. The molecule has 8 heteroatoms. The molecule has 1 fully saturated rings. The molecule has 0 amide bonds. The number of H-pyrrole nitrogens is 1. The van der Waals surface area contributed by atoms with Gasteiger partial charge in [0.2, 0.25) is 10.0 Å². The van der Waals surface area contributed by atoms with E-state index in [-0.39, 0.29) is 12.0 Å². The molecule has 7 nitrogen and oxygen atoms in total. The predicted octanol–water partition coefficient (Wildman–Crippen LogP) is 3.53. The van der Waals surface area contributed by atoms with E-state index in [1.165, 1.54) is 0 Å². The minimum Gasteiger partial charge on any atom is -0.330 e. The highest BCUT2D eigenvalue weighted by molar-refractivity contribution is 7.89. The number of aromatic amines is 1. The molecule has 0 bridgehead atoms. The molecule has 2 aromatic heterocycles. The number of sulfonamides is 1. The Kier molecular flexibility index (Phi) is 4.67. The third-order valence-electron chi connectivity index (χ3n) is 5.86. The number of benzene rings is 2. The van der Waals surface area contributed by atoms with Crippen molar-refractivity contribution in [2.75, 3.05) is 6.54 Å². The van der Waals surface area contributed by atoms with Crippen LogP contribution in [0.4, 0.5) is 0 Å². The van der Waals surface area contributed by atoms with Crippen LogP contribution in [-0.2, 0) is 16.6 Å². The first kappa shape index (κ1) is 19.0. The van der Waals surface area contributed by atoms with Crippen LogP contribution in [0.1, 0.15) is 13.3 Å². The van der Waals surface area contributed by atoms with Gasteiger partial charge in [0.15, 0.2) is 0 Å². The van der Waals surface area contributed by atoms with Crippen molar-refractivity contribution < 1.29 is 8.42 Å². The van der Waals surface area contributed by atoms with Crippen molar-refractivity contribution in [1.82, 2.24) is 24.1 Å². The van der Waals surface area contributed by atoms with Gasteiger partial charge in [0.25, 0.3) is 0 Å². The minimum atomic E-state index is -3.47. The number of aromatic nitrogens is 4. The number of nitrogens with one attached hydrogen (secondary N) is 1. The normalized spacial score (nSPS) is 20.2. The Morgan fingerprint density at radius 3 is 2.73 bits per heavy atom. The van der Waals surface area contributed by atoms with E-state index in [4.69, 9.17) is 0 Å². The van der Waals surface area contributed by atoms with E-state index >= 15 is 0 Å². The highest BCUT2D eigenvalue weighted by atomic mass is 32.2. The lowest BCUT2D eigenvalue weighted by atomic mass is 10.1. The van der Waals surface area contributed by atoms with E-state index in [1.807, 2.05) is 25.5 Å². The summed E-state index contributed by atoms with van der Waals surface area (Å²) in [5.74, 6) is 0.240. The Morgan fingerprint density at radius 1 is 1.13 bits per heavy atom. The molecule has 1 aliphatic rings. The first-order chi connectivity index (χ1) is 14.5. The second-order valence-electron chi connectivity index (χ2n) is 7.93. The van der Waals surface area contributed by atoms with Crippen molar-refractivity contribution in [3.05, 3.63) is 67.3 Å². The Hall–Kier alpha value is -2.97. The molecule has 0 unspecified atom stereocenters. The molecular weight excluding hydrogens is 398 g/mol. The Balaban J connectivity index is 1.36. The monoisotopic (exact) mass is 421 g/mol. The van der Waals surface area contributed by atoms with Gasteiger partial charge in [0.05, 0.1) is 28.5 Å². The third kappa shape index (κ3) is 3.32. The lowest BCUT2D eigenvalue weighted by molar-refractivity contribution is 0.399. The standard InChI is InChI=1S/C22H23N5O2S/c1-16-9-17(14-27(16)30(28,29)20-5-3-2-4-6-20)13-26-15-23-21-10-18(7-8-22(21)26)19-11-24-25-12-19/h2-8,10-12,15-17H,9,13-14H2,1H3,(H,24,25)/t16-,17-/m1/s1. The molecule has 0 saturated carbocycles. The van der Waals surface area contributed by atoms with Gasteiger partial charge < -0.3 is 4.57 Å². The van der Waals surface area contributed by atoms with E-state index in [1.54, 1.807) is 34.8 Å². The van der Waals surface area contributed by atoms with Crippen LogP contribution in [0.2, 0.25) is 0 Å². The summed E-state index contributed by atoms with van der Waals surface area (Å²) >= 11 is 0. The summed E-state index contributed by atoms with van der Waals surface area (Å²) in [6.07, 6.45) is 6.33. The Bertz CT molecular complexity index is 1270. The van der Waals surface area contributed by atoms with Gasteiger partial charge in [-0.2, -0.15) is 9.40 Å². The molecule has 2 atom stereocenters. The first-order valence-electron chi connectivity index (χ1n) is 10.0. The van der Waals surface area contributed by atoms with Crippen molar-refractivity contribution >= 4 is 21.1 Å². The van der Waals surface area contributed by atoms with Crippen molar-refractivity contribution in [2.45, 2.75) is 30.8 Å². The zero-order chi connectivity index (χ0) is 20.7. The molecule has 0 spiro atoms. The fraction of sp³-hybridized carbons (Fsp3) is 0.273. The smallest absolute Gasteiger partial charge is 0.243 e. The van der Waals surface area contributed by atoms with Gasteiger partial charge in [-0.05, 0) is 49.1 Å². The Labute approximate surface area is 175 Å². The van der Waals surface area contributed by atoms with E-state index < -0.39 is 10.0 Å². The molecule has 30 heavy (non-hydrogen) atoms. The summed E-state index contributed by atoms with van der Waals surface area (Å²) in [7, 11) is -3.47. The molecule has 1 aliphatic heterocycles. The molecule has 1 saturated heterocycles. The van der Waals surface area contributed by atoms with Crippen LogP contribution >= 0.6 is 0 Å². The van der Waals surface area contributed by atoms with Gasteiger partial charge in [0.1, 0.15) is 0 Å². The summed E-state index contributed by atoms with van der Waals surface area (Å²) in [6.45, 7) is 3.25. The number of hydrogen-bond donors (Lipinski definition) is 1. The molecule has 2 aromatic carbocycles. The van der Waals surface area contributed by atoms with Crippen LogP contribution in [0, 0.1) is 5.92 Å². The number of rotatable bonds is 5. The maximum atomic E-state index is 13.1. The van der Waals surface area contributed by atoms with Gasteiger partial charge in [0, 0.05) is 30.9 Å². The maximum Gasteiger partial charge on any atom is 0.243 e. The molecule has 5 rings (SSSR count).